The molecule has 4 N–H and O–H groups in total. The van der Waals surface area contributed by atoms with Gasteiger partial charge in [-0.05, 0) is 42.3 Å². The van der Waals surface area contributed by atoms with Crippen LogP contribution in [0.5, 0.6) is 0 Å². The zero-order valence-electron chi connectivity index (χ0n) is 16.6. The second kappa shape index (κ2) is 7.82. The summed E-state index contributed by atoms with van der Waals surface area (Å²) >= 11 is 0. The van der Waals surface area contributed by atoms with Crippen molar-refractivity contribution in [2.45, 2.75) is 18.7 Å². The quantitative estimate of drug-likeness (QED) is 0.472. The molecule has 3 rings (SSSR count). The van der Waals surface area contributed by atoms with Crippen LogP contribution in [0, 0.1) is 0 Å². The van der Waals surface area contributed by atoms with Gasteiger partial charge in [-0.2, -0.15) is 13.2 Å². The third-order valence-electron chi connectivity index (χ3n) is 4.54. The first-order valence-electron chi connectivity index (χ1n) is 8.87. The van der Waals surface area contributed by atoms with E-state index in [9.17, 15) is 31.2 Å². The Bertz CT molecular complexity index is 1300. The van der Waals surface area contributed by atoms with Crippen molar-refractivity contribution in [3.8, 4) is 11.1 Å². The zero-order valence-corrected chi connectivity index (χ0v) is 17.5. The van der Waals surface area contributed by atoms with Crippen LogP contribution in [0.2, 0.25) is 0 Å². The highest BCUT2D eigenvalue weighted by Gasteiger charge is 2.48. The number of hydrogen-bond acceptors (Lipinski definition) is 6. The fourth-order valence-corrected chi connectivity index (χ4v) is 3.51. The van der Waals surface area contributed by atoms with Crippen LogP contribution in [-0.4, -0.2) is 42.7 Å². The molecule has 0 bridgehead atoms. The second-order valence-electron chi connectivity index (χ2n) is 7.04. The molecule has 0 saturated carbocycles. The maximum absolute atomic E-state index is 12.7. The minimum Gasteiger partial charge on any atom is -0.436 e. The Morgan fingerprint density at radius 3 is 2.31 bits per heavy atom. The van der Waals surface area contributed by atoms with Gasteiger partial charge < -0.3 is 15.5 Å². The Hall–Kier alpha value is -3.61. The Morgan fingerprint density at radius 1 is 1.16 bits per heavy atom. The Morgan fingerprint density at radius 2 is 1.78 bits per heavy atom. The van der Waals surface area contributed by atoms with Gasteiger partial charge in [0, 0.05) is 17.3 Å². The lowest BCUT2D eigenvalue weighted by Gasteiger charge is -2.25. The number of nitrogens with zero attached hydrogens (tertiary/aromatic N) is 1. The number of amides is 1. The molecule has 0 aliphatic carbocycles. The van der Waals surface area contributed by atoms with Gasteiger partial charge in [-0.15, -0.1) is 0 Å². The number of sulfonamides is 1. The summed E-state index contributed by atoms with van der Waals surface area (Å²) in [7, 11) is -3.46. The van der Waals surface area contributed by atoms with E-state index in [1.54, 1.807) is 18.2 Å². The predicted molar refractivity (Wildman–Crippen MR) is 109 cm³/mol. The molecule has 13 heteroatoms. The van der Waals surface area contributed by atoms with Gasteiger partial charge in [0.2, 0.25) is 15.6 Å². The molecule has 3 aromatic rings. The van der Waals surface area contributed by atoms with E-state index in [1.165, 1.54) is 24.4 Å². The van der Waals surface area contributed by atoms with Crippen LogP contribution < -0.4 is 10.5 Å². The van der Waals surface area contributed by atoms with E-state index in [0.717, 1.165) is 13.2 Å². The molecule has 2 heterocycles. The van der Waals surface area contributed by atoms with Crippen LogP contribution >= 0.6 is 0 Å². The molecule has 0 aliphatic heterocycles. The van der Waals surface area contributed by atoms with Crippen molar-refractivity contribution < 1.29 is 35.9 Å². The van der Waals surface area contributed by atoms with Gasteiger partial charge >= 0.3 is 12.1 Å². The number of fused-ring (bicyclic) bond motifs is 1. The third kappa shape index (κ3) is 4.66. The largest absolute Gasteiger partial charge is 0.490 e. The fourth-order valence-electron chi connectivity index (χ4n) is 2.95. The zero-order chi connectivity index (χ0) is 23.9. The molecule has 0 aliphatic rings. The third-order valence-corrected chi connectivity index (χ3v) is 5.15. The predicted octanol–water partition coefficient (Wildman–Crippen LogP) is 2.41. The van der Waals surface area contributed by atoms with Crippen LogP contribution in [-0.2, 0) is 30.0 Å². The van der Waals surface area contributed by atoms with E-state index in [1.807, 2.05) is 0 Å². The normalized spacial score (nSPS) is 14.0. The molecule has 2 aromatic heterocycles. The summed E-state index contributed by atoms with van der Waals surface area (Å²) in [5, 5.41) is 0.404. The number of carbonyl (C=O) groups is 2. The lowest BCUT2D eigenvalue weighted by atomic mass is 9.99. The first-order chi connectivity index (χ1) is 14.7. The van der Waals surface area contributed by atoms with Crippen molar-refractivity contribution in [3.63, 3.8) is 0 Å². The molecule has 1 atom stereocenters. The smallest absolute Gasteiger partial charge is 0.436 e. The van der Waals surface area contributed by atoms with Crippen LogP contribution in [0.1, 0.15) is 12.6 Å². The minimum atomic E-state index is -5.33. The summed E-state index contributed by atoms with van der Waals surface area (Å²) < 4.78 is 67.5. The number of H-pyrrole nitrogens is 1. The summed E-state index contributed by atoms with van der Waals surface area (Å²) in [4.78, 5) is 30.1. The van der Waals surface area contributed by atoms with E-state index in [0.29, 0.717) is 22.2 Å². The summed E-state index contributed by atoms with van der Waals surface area (Å²) in [5.41, 5.74) is 4.33. The van der Waals surface area contributed by atoms with Gasteiger partial charge in [0.15, 0.2) is 0 Å². The lowest BCUT2D eigenvalue weighted by molar-refractivity contribution is -0.214. The number of carbonyl (C=O) groups excluding carboxylic acids is 2. The maximum atomic E-state index is 12.7. The number of primary amides is 1. The highest BCUT2D eigenvalue weighted by molar-refractivity contribution is 7.92. The first-order valence-corrected chi connectivity index (χ1v) is 10.8. The number of aromatic amines is 1. The van der Waals surface area contributed by atoms with Crippen LogP contribution in [0.15, 0.2) is 42.6 Å². The molecule has 0 fully saturated rings. The monoisotopic (exact) mass is 470 g/mol. The second-order valence-corrected chi connectivity index (χ2v) is 8.79. The number of pyridine rings is 1. The molecule has 0 spiro atoms. The van der Waals surface area contributed by atoms with Gasteiger partial charge in [0.1, 0.15) is 5.65 Å². The van der Waals surface area contributed by atoms with Gasteiger partial charge in [-0.25, -0.2) is 18.2 Å². The number of nitrogens with one attached hydrogen (secondary N) is 2. The summed E-state index contributed by atoms with van der Waals surface area (Å²) in [6, 6.07) is 9.21. The van der Waals surface area contributed by atoms with Crippen molar-refractivity contribution in [3.05, 3.63) is 48.3 Å². The Labute approximate surface area is 179 Å². The van der Waals surface area contributed by atoms with Gasteiger partial charge in [-0.1, -0.05) is 12.1 Å². The molecule has 1 unspecified atom stereocenters. The number of ether oxygens (including phenoxy) is 1. The summed E-state index contributed by atoms with van der Waals surface area (Å²) in [5.74, 6) is -3.89. The van der Waals surface area contributed by atoms with Crippen molar-refractivity contribution in [2.75, 3.05) is 11.0 Å². The molecule has 0 saturated heterocycles. The number of rotatable bonds is 6. The topological polar surface area (TPSA) is 144 Å². The number of esters is 1. The van der Waals surface area contributed by atoms with Crippen molar-refractivity contribution in [2.24, 2.45) is 5.73 Å². The number of benzene rings is 1. The standard InChI is InChI=1S/C19H17F3N4O5S/c1-18(16(23)27,31-17(28)19(20,21)22)14-9-13-12(7-8-24-15(13)25-14)10-3-5-11(6-4-10)26-32(2,29)30/h3-9,26H,1-2H3,(H2,23,27)(H,24,25). The maximum Gasteiger partial charge on any atom is 0.490 e. The molecular formula is C19H17F3N4O5S. The lowest BCUT2D eigenvalue weighted by Crippen LogP contribution is -2.45. The van der Waals surface area contributed by atoms with Crippen molar-refractivity contribution in [1.82, 2.24) is 9.97 Å². The van der Waals surface area contributed by atoms with Crippen molar-refractivity contribution in [1.29, 1.82) is 0 Å². The Kier molecular flexibility index (Phi) is 5.64. The van der Waals surface area contributed by atoms with E-state index in [2.05, 4.69) is 19.4 Å². The number of alkyl halides is 3. The van der Waals surface area contributed by atoms with Crippen LogP contribution in [0.3, 0.4) is 0 Å². The highest BCUT2D eigenvalue weighted by Crippen LogP contribution is 2.34. The molecule has 170 valence electrons. The summed E-state index contributed by atoms with van der Waals surface area (Å²) in [6.07, 6.45) is -2.90. The molecule has 32 heavy (non-hydrogen) atoms. The minimum absolute atomic E-state index is 0.200. The average molecular weight is 470 g/mol. The Balaban J connectivity index is 2.05. The molecule has 0 radical (unpaired) electrons. The number of hydrogen-bond donors (Lipinski definition) is 3. The highest BCUT2D eigenvalue weighted by atomic mass is 32.2. The van der Waals surface area contributed by atoms with Crippen LogP contribution in [0.25, 0.3) is 22.2 Å². The number of halogens is 3. The van der Waals surface area contributed by atoms with Crippen LogP contribution in [0.4, 0.5) is 18.9 Å². The number of nitrogens with two attached hydrogens (primary N) is 1. The first kappa shape index (κ1) is 23.1. The van der Waals surface area contributed by atoms with Crippen molar-refractivity contribution >= 4 is 38.6 Å². The van der Waals surface area contributed by atoms with E-state index in [4.69, 9.17) is 5.73 Å². The summed E-state index contributed by atoms with van der Waals surface area (Å²) in [6.45, 7) is 0.939. The van der Waals surface area contributed by atoms with Gasteiger partial charge in [0.05, 0.1) is 11.9 Å². The fraction of sp³-hybridized carbons (Fsp3) is 0.211. The molecule has 1 aromatic carbocycles. The molecule has 1 amide bonds. The number of anilines is 1. The van der Waals surface area contributed by atoms with E-state index < -0.39 is 33.7 Å². The van der Waals surface area contributed by atoms with Gasteiger partial charge in [-0.3, -0.25) is 9.52 Å². The molecular weight excluding hydrogens is 453 g/mol. The van der Waals surface area contributed by atoms with E-state index >= 15 is 0 Å². The SMILES string of the molecule is CC(OC(=O)C(F)(F)F)(C(N)=O)c1cc2c(-c3ccc(NS(C)(=O)=O)cc3)ccnc2[nH]1. The van der Waals surface area contributed by atoms with Gasteiger partial charge in [0.25, 0.3) is 5.91 Å². The average Bonchev–Trinajstić information content (AvgIpc) is 3.11. The van der Waals surface area contributed by atoms with E-state index in [-0.39, 0.29) is 11.3 Å². The molecule has 9 nitrogen and oxygen atoms in total. The number of aromatic nitrogens is 2.